The summed E-state index contributed by atoms with van der Waals surface area (Å²) >= 11 is 5.53. The van der Waals surface area contributed by atoms with E-state index in [0.29, 0.717) is 5.88 Å². The number of benzene rings is 1. The maximum atomic E-state index is 5.53. The standard InChI is InChI=1S/C12H13Cl/c1-10-7-11(2)9-12(8-10)5-3-4-6-13/h7-9H,4,6H2,1-2H3. The average molecular weight is 193 g/mol. The monoisotopic (exact) mass is 192 g/mol. The van der Waals surface area contributed by atoms with Gasteiger partial charge in [0.25, 0.3) is 0 Å². The van der Waals surface area contributed by atoms with Crippen LogP contribution in [0.2, 0.25) is 0 Å². The molecule has 0 amide bonds. The molecule has 0 saturated carbocycles. The maximum Gasteiger partial charge on any atom is 0.0333 e. The van der Waals surface area contributed by atoms with Crippen LogP contribution in [0.4, 0.5) is 0 Å². The number of hydrogen-bond donors (Lipinski definition) is 0. The van der Waals surface area contributed by atoms with Gasteiger partial charge in [0, 0.05) is 17.9 Å². The van der Waals surface area contributed by atoms with E-state index in [2.05, 4.69) is 43.9 Å². The fraction of sp³-hybridized carbons (Fsp3) is 0.333. The largest absolute Gasteiger partial charge is 0.126 e. The molecule has 1 rings (SSSR count). The average Bonchev–Trinajstić information content (AvgIpc) is 2.03. The zero-order chi connectivity index (χ0) is 9.68. The molecule has 0 fully saturated rings. The van der Waals surface area contributed by atoms with Gasteiger partial charge in [0.2, 0.25) is 0 Å². The molecule has 0 bridgehead atoms. The summed E-state index contributed by atoms with van der Waals surface area (Å²) in [5, 5.41) is 0. The first-order chi connectivity index (χ1) is 6.22. The van der Waals surface area contributed by atoms with E-state index in [0.717, 1.165) is 12.0 Å². The Morgan fingerprint density at radius 1 is 1.15 bits per heavy atom. The van der Waals surface area contributed by atoms with Crippen molar-refractivity contribution in [3.63, 3.8) is 0 Å². The zero-order valence-electron chi connectivity index (χ0n) is 8.02. The third-order valence-electron chi connectivity index (χ3n) is 1.67. The number of halogens is 1. The van der Waals surface area contributed by atoms with Crippen molar-refractivity contribution in [1.29, 1.82) is 0 Å². The third-order valence-corrected chi connectivity index (χ3v) is 1.86. The van der Waals surface area contributed by atoms with E-state index in [9.17, 15) is 0 Å². The van der Waals surface area contributed by atoms with Crippen molar-refractivity contribution in [2.75, 3.05) is 5.88 Å². The second-order valence-corrected chi connectivity index (χ2v) is 3.50. The minimum Gasteiger partial charge on any atom is -0.126 e. The first-order valence-electron chi connectivity index (χ1n) is 4.35. The Morgan fingerprint density at radius 3 is 2.31 bits per heavy atom. The minimum atomic E-state index is 0.609. The van der Waals surface area contributed by atoms with E-state index < -0.39 is 0 Å². The molecule has 0 N–H and O–H groups in total. The minimum absolute atomic E-state index is 0.609. The van der Waals surface area contributed by atoms with Crippen LogP contribution in [0, 0.1) is 25.7 Å². The SMILES string of the molecule is Cc1cc(C)cc(C#CCCCl)c1. The van der Waals surface area contributed by atoms with Crippen LogP contribution in [0.5, 0.6) is 0 Å². The molecule has 1 aromatic carbocycles. The topological polar surface area (TPSA) is 0 Å². The molecule has 13 heavy (non-hydrogen) atoms. The summed E-state index contributed by atoms with van der Waals surface area (Å²) in [7, 11) is 0. The van der Waals surface area contributed by atoms with Gasteiger partial charge in [-0.15, -0.1) is 11.6 Å². The van der Waals surface area contributed by atoms with Crippen LogP contribution in [0.1, 0.15) is 23.1 Å². The Bertz CT molecular complexity index is 322. The quantitative estimate of drug-likeness (QED) is 0.473. The van der Waals surface area contributed by atoms with Crippen molar-refractivity contribution in [1.82, 2.24) is 0 Å². The van der Waals surface area contributed by atoms with Gasteiger partial charge in [-0.1, -0.05) is 17.9 Å². The molecule has 0 unspecified atom stereocenters. The van der Waals surface area contributed by atoms with Crippen molar-refractivity contribution in [3.05, 3.63) is 34.9 Å². The molecule has 0 saturated heterocycles. The Hall–Kier alpha value is -0.930. The summed E-state index contributed by atoms with van der Waals surface area (Å²) in [5.74, 6) is 6.73. The van der Waals surface area contributed by atoms with Crippen LogP contribution in [-0.2, 0) is 0 Å². The van der Waals surface area contributed by atoms with Crippen LogP contribution in [0.15, 0.2) is 18.2 Å². The molecule has 0 aliphatic heterocycles. The lowest BCUT2D eigenvalue weighted by Crippen LogP contribution is -1.81. The lowest BCUT2D eigenvalue weighted by atomic mass is 10.1. The normalized spacial score (nSPS) is 9.15. The Kier molecular flexibility index (Phi) is 3.86. The van der Waals surface area contributed by atoms with Gasteiger partial charge in [-0.2, -0.15) is 0 Å². The molecule has 0 aromatic heterocycles. The van der Waals surface area contributed by atoms with E-state index in [1.165, 1.54) is 11.1 Å². The van der Waals surface area contributed by atoms with Gasteiger partial charge in [0.15, 0.2) is 0 Å². The predicted molar refractivity (Wildman–Crippen MR) is 58.1 cm³/mol. The van der Waals surface area contributed by atoms with Gasteiger partial charge >= 0.3 is 0 Å². The molecular weight excluding hydrogens is 180 g/mol. The fourth-order valence-electron chi connectivity index (χ4n) is 1.26. The number of aryl methyl sites for hydroxylation is 2. The van der Waals surface area contributed by atoms with E-state index in [4.69, 9.17) is 11.6 Å². The highest BCUT2D eigenvalue weighted by Crippen LogP contribution is 2.07. The molecule has 0 aliphatic rings. The first-order valence-corrected chi connectivity index (χ1v) is 4.89. The molecule has 0 aliphatic carbocycles. The lowest BCUT2D eigenvalue weighted by Gasteiger charge is -1.97. The third kappa shape index (κ3) is 3.53. The molecule has 0 spiro atoms. The van der Waals surface area contributed by atoms with E-state index in [1.807, 2.05) is 0 Å². The second kappa shape index (κ2) is 4.94. The Labute approximate surface area is 84.9 Å². The molecule has 0 radical (unpaired) electrons. The highest BCUT2D eigenvalue weighted by molar-refractivity contribution is 6.18. The van der Waals surface area contributed by atoms with E-state index in [1.54, 1.807) is 0 Å². The van der Waals surface area contributed by atoms with Gasteiger partial charge in [0.05, 0.1) is 0 Å². The van der Waals surface area contributed by atoms with Crippen LogP contribution in [0.3, 0.4) is 0 Å². The van der Waals surface area contributed by atoms with Crippen LogP contribution < -0.4 is 0 Å². The van der Waals surface area contributed by atoms with Crippen molar-refractivity contribution < 1.29 is 0 Å². The molecule has 0 atom stereocenters. The van der Waals surface area contributed by atoms with E-state index in [-0.39, 0.29) is 0 Å². The Balaban J connectivity index is 2.85. The molecule has 1 heteroatoms. The van der Waals surface area contributed by atoms with Gasteiger partial charge in [-0.05, 0) is 37.1 Å². The molecule has 0 nitrogen and oxygen atoms in total. The van der Waals surface area contributed by atoms with Gasteiger partial charge < -0.3 is 0 Å². The van der Waals surface area contributed by atoms with Crippen molar-refractivity contribution in [2.24, 2.45) is 0 Å². The highest BCUT2D eigenvalue weighted by atomic mass is 35.5. The van der Waals surface area contributed by atoms with Gasteiger partial charge in [0.1, 0.15) is 0 Å². The zero-order valence-corrected chi connectivity index (χ0v) is 8.78. The van der Waals surface area contributed by atoms with Crippen LogP contribution in [0.25, 0.3) is 0 Å². The number of rotatable bonds is 1. The second-order valence-electron chi connectivity index (χ2n) is 3.12. The van der Waals surface area contributed by atoms with Crippen LogP contribution >= 0.6 is 11.6 Å². The van der Waals surface area contributed by atoms with Gasteiger partial charge in [-0.25, -0.2) is 0 Å². The Morgan fingerprint density at radius 2 is 1.77 bits per heavy atom. The van der Waals surface area contributed by atoms with Crippen molar-refractivity contribution >= 4 is 11.6 Å². The van der Waals surface area contributed by atoms with Crippen molar-refractivity contribution in [3.8, 4) is 11.8 Å². The highest BCUT2D eigenvalue weighted by Gasteiger charge is 1.90. The predicted octanol–water partition coefficient (Wildman–Crippen LogP) is 3.28. The summed E-state index contributed by atoms with van der Waals surface area (Å²) in [4.78, 5) is 0. The van der Waals surface area contributed by atoms with Crippen LogP contribution in [-0.4, -0.2) is 5.88 Å². The fourth-order valence-corrected chi connectivity index (χ4v) is 1.35. The smallest absolute Gasteiger partial charge is 0.0333 e. The molecule has 1 aromatic rings. The van der Waals surface area contributed by atoms with Crippen molar-refractivity contribution in [2.45, 2.75) is 20.3 Å². The molecule has 0 heterocycles. The first kappa shape index (κ1) is 10.2. The summed E-state index contributed by atoms with van der Waals surface area (Å²) in [5.41, 5.74) is 3.60. The molecular formula is C12H13Cl. The summed E-state index contributed by atoms with van der Waals surface area (Å²) in [6.45, 7) is 4.17. The number of hydrogen-bond acceptors (Lipinski definition) is 0. The lowest BCUT2D eigenvalue weighted by molar-refractivity contribution is 1.29. The van der Waals surface area contributed by atoms with E-state index >= 15 is 0 Å². The molecule has 68 valence electrons. The summed E-state index contributed by atoms with van der Waals surface area (Å²) in [6.07, 6.45) is 0.758. The maximum absolute atomic E-state index is 5.53. The number of alkyl halides is 1. The summed E-state index contributed by atoms with van der Waals surface area (Å²) < 4.78 is 0. The van der Waals surface area contributed by atoms with Gasteiger partial charge in [-0.3, -0.25) is 0 Å². The summed E-state index contributed by atoms with van der Waals surface area (Å²) in [6, 6.07) is 6.33.